The molecule has 4 rings (SSSR count). The zero-order valence-corrected chi connectivity index (χ0v) is 16.4. The lowest BCUT2D eigenvalue weighted by Crippen LogP contribution is -2.04. The van der Waals surface area contributed by atoms with Crippen molar-refractivity contribution < 1.29 is 27.1 Å². The molecule has 31 heavy (non-hydrogen) atoms. The van der Waals surface area contributed by atoms with Gasteiger partial charge in [0, 0.05) is 29.6 Å². The van der Waals surface area contributed by atoms with Crippen LogP contribution in [0.25, 0.3) is 28.2 Å². The van der Waals surface area contributed by atoms with Gasteiger partial charge in [0.15, 0.2) is 11.3 Å². The van der Waals surface area contributed by atoms with Gasteiger partial charge in [-0.25, -0.2) is 18.7 Å². The van der Waals surface area contributed by atoms with Crippen molar-refractivity contribution in [3.05, 3.63) is 71.7 Å². The van der Waals surface area contributed by atoms with Crippen LogP contribution in [0.2, 0.25) is 0 Å². The number of imidazole rings is 1. The number of benzene rings is 2. The number of halogens is 5. The monoisotopic (exact) mass is 433 g/mol. The average molecular weight is 433 g/mol. The first-order valence-electron chi connectivity index (χ1n) is 9.30. The van der Waals surface area contributed by atoms with Gasteiger partial charge in [-0.05, 0) is 41.8 Å². The van der Waals surface area contributed by atoms with Crippen LogP contribution in [-0.2, 0) is 6.18 Å². The smallest absolute Gasteiger partial charge is 0.434 e. The van der Waals surface area contributed by atoms with E-state index in [1.807, 2.05) is 13.8 Å². The summed E-state index contributed by atoms with van der Waals surface area (Å²) in [4.78, 5) is 7.97. The molecule has 0 atom stereocenters. The molecule has 0 aliphatic rings. The number of hydrogen-bond acceptors (Lipinski definition) is 3. The van der Waals surface area contributed by atoms with Crippen molar-refractivity contribution in [3.8, 4) is 28.3 Å². The van der Waals surface area contributed by atoms with Gasteiger partial charge in [0.25, 0.3) is 0 Å². The maximum absolute atomic E-state index is 14.6. The summed E-state index contributed by atoms with van der Waals surface area (Å²) in [6.45, 7) is 3.61. The van der Waals surface area contributed by atoms with E-state index in [1.54, 1.807) is 6.07 Å². The van der Waals surface area contributed by atoms with E-state index in [4.69, 9.17) is 0 Å². The van der Waals surface area contributed by atoms with Crippen LogP contribution < -0.4 is 0 Å². The normalized spacial score (nSPS) is 12.1. The zero-order valence-electron chi connectivity index (χ0n) is 16.4. The predicted octanol–water partition coefficient (Wildman–Crippen LogP) is 6.19. The first kappa shape index (κ1) is 20.8. The highest BCUT2D eigenvalue weighted by atomic mass is 19.4. The number of aromatic nitrogens is 3. The van der Waals surface area contributed by atoms with E-state index in [0.29, 0.717) is 11.1 Å². The van der Waals surface area contributed by atoms with Crippen molar-refractivity contribution in [2.75, 3.05) is 0 Å². The number of phenols is 1. The van der Waals surface area contributed by atoms with Crippen LogP contribution >= 0.6 is 0 Å². The first-order valence-corrected chi connectivity index (χ1v) is 9.30. The molecule has 0 unspecified atom stereocenters. The highest BCUT2D eigenvalue weighted by Gasteiger charge is 2.34. The third kappa shape index (κ3) is 3.83. The number of nitrogens with zero attached hydrogens (tertiary/aromatic N) is 3. The first-order chi connectivity index (χ1) is 14.5. The molecule has 0 saturated carbocycles. The molecule has 2 aromatic carbocycles. The van der Waals surface area contributed by atoms with Crippen LogP contribution in [0.4, 0.5) is 22.0 Å². The molecule has 0 radical (unpaired) electrons. The largest absolute Gasteiger partial charge is 0.508 e. The van der Waals surface area contributed by atoms with Gasteiger partial charge in [0.05, 0.1) is 5.69 Å². The van der Waals surface area contributed by atoms with Crippen LogP contribution in [0.3, 0.4) is 0 Å². The quantitative estimate of drug-likeness (QED) is 0.392. The van der Waals surface area contributed by atoms with E-state index >= 15 is 0 Å². The topological polar surface area (TPSA) is 50.4 Å². The number of phenolic OH excluding ortho intramolecular Hbond substituents is 1. The van der Waals surface area contributed by atoms with E-state index < -0.39 is 23.5 Å². The Bertz CT molecular complexity index is 1290. The van der Waals surface area contributed by atoms with Gasteiger partial charge in [0.1, 0.15) is 23.1 Å². The van der Waals surface area contributed by atoms with Crippen molar-refractivity contribution in [2.45, 2.75) is 25.9 Å². The van der Waals surface area contributed by atoms with Crippen LogP contribution in [0.1, 0.15) is 31.0 Å². The molecule has 9 heteroatoms. The van der Waals surface area contributed by atoms with Crippen LogP contribution in [0, 0.1) is 11.6 Å². The molecule has 4 nitrogen and oxygen atoms in total. The highest BCUT2D eigenvalue weighted by molar-refractivity contribution is 5.77. The molecule has 0 saturated heterocycles. The molecule has 2 aromatic heterocycles. The molecular formula is C22H16F5N3O. The minimum Gasteiger partial charge on any atom is -0.508 e. The van der Waals surface area contributed by atoms with Crippen molar-refractivity contribution in [3.63, 3.8) is 0 Å². The molecule has 0 fully saturated rings. The summed E-state index contributed by atoms with van der Waals surface area (Å²) in [5.74, 6) is -1.76. The van der Waals surface area contributed by atoms with Crippen LogP contribution in [-0.4, -0.2) is 19.5 Å². The minimum atomic E-state index is -4.71. The number of hydrogen-bond donors (Lipinski definition) is 1. The van der Waals surface area contributed by atoms with Crippen molar-refractivity contribution >= 4 is 5.65 Å². The fourth-order valence-corrected chi connectivity index (χ4v) is 3.30. The Morgan fingerprint density at radius 1 is 0.935 bits per heavy atom. The summed E-state index contributed by atoms with van der Waals surface area (Å²) in [6, 6.07) is 7.52. The maximum Gasteiger partial charge on any atom is 0.434 e. The SMILES string of the molecule is CC(C)c1cc(-c2cn3cc(C(F)(F)F)nc3c(-c3ccc(O)cc3F)n2)ccc1F. The van der Waals surface area contributed by atoms with E-state index in [2.05, 4.69) is 9.97 Å². The Balaban J connectivity index is 2.01. The third-order valence-electron chi connectivity index (χ3n) is 4.85. The molecule has 0 aliphatic heterocycles. The van der Waals surface area contributed by atoms with Gasteiger partial charge in [-0.15, -0.1) is 0 Å². The highest BCUT2D eigenvalue weighted by Crippen LogP contribution is 2.34. The summed E-state index contributed by atoms with van der Waals surface area (Å²) in [6.07, 6.45) is -2.59. The van der Waals surface area contributed by atoms with Crippen molar-refractivity contribution in [2.24, 2.45) is 0 Å². The van der Waals surface area contributed by atoms with Gasteiger partial charge >= 0.3 is 6.18 Å². The Morgan fingerprint density at radius 3 is 2.32 bits per heavy atom. The van der Waals surface area contributed by atoms with E-state index in [-0.39, 0.29) is 34.3 Å². The standard InChI is InChI=1S/C22H16F5N3O/c1-11(2)15-7-12(3-6-16(15)23)18-9-30-10-19(22(25,26)27)29-21(30)20(28-18)14-5-4-13(31)8-17(14)24/h3-11,31H,1-2H3. The molecule has 0 amide bonds. The van der Waals surface area contributed by atoms with Gasteiger partial charge in [-0.3, -0.25) is 0 Å². The fraction of sp³-hybridized carbons (Fsp3) is 0.182. The second-order valence-electron chi connectivity index (χ2n) is 7.38. The number of fused-ring (bicyclic) bond motifs is 1. The van der Waals surface area contributed by atoms with Gasteiger partial charge in [-0.1, -0.05) is 13.8 Å². The second-order valence-corrected chi connectivity index (χ2v) is 7.38. The van der Waals surface area contributed by atoms with Crippen LogP contribution in [0.15, 0.2) is 48.8 Å². The van der Waals surface area contributed by atoms with E-state index in [9.17, 15) is 27.1 Å². The molecule has 1 N–H and O–H groups in total. The summed E-state index contributed by atoms with van der Waals surface area (Å²) < 4.78 is 69.6. The maximum atomic E-state index is 14.6. The molecule has 4 aromatic rings. The van der Waals surface area contributed by atoms with Gasteiger partial charge in [-0.2, -0.15) is 13.2 Å². The fourth-order valence-electron chi connectivity index (χ4n) is 3.30. The zero-order chi connectivity index (χ0) is 22.5. The van der Waals surface area contributed by atoms with Crippen LogP contribution in [0.5, 0.6) is 5.75 Å². The summed E-state index contributed by atoms with van der Waals surface area (Å²) in [7, 11) is 0. The number of rotatable bonds is 3. The third-order valence-corrected chi connectivity index (χ3v) is 4.85. The summed E-state index contributed by atoms with van der Waals surface area (Å²) in [5.41, 5.74) is -0.548. The number of aromatic hydroxyl groups is 1. The lowest BCUT2D eigenvalue weighted by Gasteiger charge is -2.12. The summed E-state index contributed by atoms with van der Waals surface area (Å²) in [5, 5.41) is 9.48. The van der Waals surface area contributed by atoms with E-state index in [0.717, 1.165) is 16.7 Å². The molecule has 0 bridgehead atoms. The van der Waals surface area contributed by atoms with Gasteiger partial charge < -0.3 is 9.51 Å². The Kier molecular flexibility index (Phi) is 4.91. The lowest BCUT2D eigenvalue weighted by atomic mass is 9.99. The minimum absolute atomic E-state index is 0.129. The Hall–Kier alpha value is -3.49. The van der Waals surface area contributed by atoms with E-state index in [1.165, 1.54) is 30.5 Å². The average Bonchev–Trinajstić information content (AvgIpc) is 3.12. The number of alkyl halides is 3. The molecule has 0 spiro atoms. The Labute approximate surface area is 173 Å². The van der Waals surface area contributed by atoms with Crippen molar-refractivity contribution in [1.82, 2.24) is 14.4 Å². The predicted molar refractivity (Wildman–Crippen MR) is 105 cm³/mol. The molecule has 0 aliphatic carbocycles. The van der Waals surface area contributed by atoms with Gasteiger partial charge in [0.2, 0.25) is 0 Å². The Morgan fingerprint density at radius 2 is 1.68 bits per heavy atom. The molecular weight excluding hydrogens is 417 g/mol. The molecule has 2 heterocycles. The summed E-state index contributed by atoms with van der Waals surface area (Å²) >= 11 is 0. The second kappa shape index (κ2) is 7.33. The molecule has 160 valence electrons. The van der Waals surface area contributed by atoms with Crippen molar-refractivity contribution in [1.29, 1.82) is 0 Å². The lowest BCUT2D eigenvalue weighted by molar-refractivity contribution is -0.140.